The van der Waals surface area contributed by atoms with Crippen molar-refractivity contribution in [2.75, 3.05) is 5.73 Å². The number of nitrogens with zero attached hydrogens (tertiary/aromatic N) is 3. The molecule has 4 nitrogen and oxygen atoms in total. The fourth-order valence-corrected chi connectivity index (χ4v) is 3.54. The van der Waals surface area contributed by atoms with Crippen LogP contribution in [0, 0.1) is 19.3 Å². The average Bonchev–Trinajstić information content (AvgIpc) is 2.64. The largest absolute Gasteiger partial charge is 0.383 e. The SMILES string of the molecule is Cc1c(C)n(C2CCC(C)(C)CC2)c2ncnc(N)c12. The molecule has 0 amide bonds. The molecule has 3 rings (SSSR count). The van der Waals surface area contributed by atoms with Crippen molar-refractivity contribution in [1.29, 1.82) is 0 Å². The Morgan fingerprint density at radius 3 is 2.50 bits per heavy atom. The van der Waals surface area contributed by atoms with Crippen LogP contribution in [0.25, 0.3) is 11.0 Å². The molecular weight excluding hydrogens is 248 g/mol. The van der Waals surface area contributed by atoms with E-state index in [1.54, 1.807) is 6.33 Å². The van der Waals surface area contributed by atoms with Crippen LogP contribution in [0.4, 0.5) is 5.82 Å². The molecular formula is C16H24N4. The smallest absolute Gasteiger partial charge is 0.146 e. The van der Waals surface area contributed by atoms with Gasteiger partial charge in [-0.1, -0.05) is 13.8 Å². The van der Waals surface area contributed by atoms with Crippen LogP contribution in [0.3, 0.4) is 0 Å². The van der Waals surface area contributed by atoms with Gasteiger partial charge in [-0.2, -0.15) is 0 Å². The van der Waals surface area contributed by atoms with E-state index >= 15 is 0 Å². The van der Waals surface area contributed by atoms with E-state index in [0.717, 1.165) is 11.0 Å². The summed E-state index contributed by atoms with van der Waals surface area (Å²) in [7, 11) is 0. The van der Waals surface area contributed by atoms with Crippen LogP contribution in [0.1, 0.15) is 56.8 Å². The standard InChI is InChI=1S/C16H24N4/c1-10-11(2)20(12-5-7-16(3,4)8-6-12)15-13(10)14(17)18-9-19-15/h9,12H,5-8H2,1-4H3,(H2,17,18,19). The number of anilines is 1. The summed E-state index contributed by atoms with van der Waals surface area (Å²) >= 11 is 0. The van der Waals surface area contributed by atoms with Crippen molar-refractivity contribution in [1.82, 2.24) is 14.5 Å². The molecule has 20 heavy (non-hydrogen) atoms. The molecule has 0 aliphatic heterocycles. The van der Waals surface area contributed by atoms with E-state index in [0.29, 0.717) is 17.3 Å². The first-order valence-corrected chi connectivity index (χ1v) is 7.48. The zero-order valence-corrected chi connectivity index (χ0v) is 12.9. The molecule has 0 spiro atoms. The minimum absolute atomic E-state index is 0.483. The summed E-state index contributed by atoms with van der Waals surface area (Å²) in [6.45, 7) is 9.04. The fourth-order valence-electron chi connectivity index (χ4n) is 3.54. The van der Waals surface area contributed by atoms with Crippen LogP contribution in [-0.2, 0) is 0 Å². The molecule has 2 heterocycles. The third-order valence-electron chi connectivity index (χ3n) is 5.04. The zero-order chi connectivity index (χ0) is 14.5. The lowest BCUT2D eigenvalue weighted by atomic mass is 9.75. The fraction of sp³-hybridized carbons (Fsp3) is 0.625. The molecule has 0 unspecified atom stereocenters. The summed E-state index contributed by atoms with van der Waals surface area (Å²) in [5, 5.41) is 1.04. The lowest BCUT2D eigenvalue weighted by Crippen LogP contribution is -2.24. The molecule has 2 N–H and O–H groups in total. The third kappa shape index (κ3) is 1.98. The van der Waals surface area contributed by atoms with Gasteiger partial charge < -0.3 is 10.3 Å². The molecule has 0 saturated heterocycles. The van der Waals surface area contributed by atoms with Gasteiger partial charge in [0.25, 0.3) is 0 Å². The van der Waals surface area contributed by atoms with Crippen LogP contribution in [0.5, 0.6) is 0 Å². The second-order valence-corrected chi connectivity index (χ2v) is 6.93. The summed E-state index contributed by atoms with van der Waals surface area (Å²) in [5.74, 6) is 0.602. The second-order valence-electron chi connectivity index (χ2n) is 6.93. The molecule has 0 radical (unpaired) electrons. The Morgan fingerprint density at radius 2 is 1.85 bits per heavy atom. The summed E-state index contributed by atoms with van der Waals surface area (Å²) in [6.07, 6.45) is 6.58. The van der Waals surface area contributed by atoms with E-state index < -0.39 is 0 Å². The minimum Gasteiger partial charge on any atom is -0.383 e. The monoisotopic (exact) mass is 272 g/mol. The van der Waals surface area contributed by atoms with Crippen molar-refractivity contribution >= 4 is 16.9 Å². The van der Waals surface area contributed by atoms with Crippen molar-refractivity contribution in [3.63, 3.8) is 0 Å². The molecule has 1 fully saturated rings. The van der Waals surface area contributed by atoms with Crippen molar-refractivity contribution in [2.24, 2.45) is 5.41 Å². The van der Waals surface area contributed by atoms with Gasteiger partial charge in [0.05, 0.1) is 5.39 Å². The molecule has 0 bridgehead atoms. The van der Waals surface area contributed by atoms with Gasteiger partial charge in [-0.25, -0.2) is 9.97 Å². The second kappa shape index (κ2) is 4.47. The molecule has 2 aromatic rings. The molecule has 1 aliphatic rings. The molecule has 0 aromatic carbocycles. The first-order chi connectivity index (χ1) is 9.41. The summed E-state index contributed by atoms with van der Waals surface area (Å²) in [5.41, 5.74) is 10.1. The predicted octanol–water partition coefficient (Wildman–Crippen LogP) is 3.77. The average molecular weight is 272 g/mol. The maximum absolute atomic E-state index is 6.05. The van der Waals surface area contributed by atoms with Crippen LogP contribution < -0.4 is 5.73 Å². The lowest BCUT2D eigenvalue weighted by molar-refractivity contribution is 0.194. The number of hydrogen-bond acceptors (Lipinski definition) is 3. The maximum atomic E-state index is 6.05. The van der Waals surface area contributed by atoms with Crippen molar-refractivity contribution in [3.05, 3.63) is 17.6 Å². The van der Waals surface area contributed by atoms with E-state index in [2.05, 4.69) is 42.2 Å². The Labute approximate surface area is 120 Å². The number of hydrogen-bond donors (Lipinski definition) is 1. The highest BCUT2D eigenvalue weighted by atomic mass is 15.1. The van der Waals surface area contributed by atoms with Crippen LogP contribution in [0.15, 0.2) is 6.33 Å². The van der Waals surface area contributed by atoms with Gasteiger partial charge in [-0.15, -0.1) is 0 Å². The molecule has 1 aliphatic carbocycles. The number of nitrogen functional groups attached to an aromatic ring is 1. The van der Waals surface area contributed by atoms with Gasteiger partial charge >= 0.3 is 0 Å². The van der Waals surface area contributed by atoms with Gasteiger partial charge in [-0.05, 0) is 50.5 Å². The van der Waals surface area contributed by atoms with Crippen LogP contribution >= 0.6 is 0 Å². The highest BCUT2D eigenvalue weighted by Crippen LogP contribution is 2.42. The van der Waals surface area contributed by atoms with Gasteiger partial charge in [0, 0.05) is 11.7 Å². The van der Waals surface area contributed by atoms with E-state index in [4.69, 9.17) is 5.73 Å². The zero-order valence-electron chi connectivity index (χ0n) is 12.9. The number of rotatable bonds is 1. The lowest BCUT2D eigenvalue weighted by Gasteiger charge is -2.35. The van der Waals surface area contributed by atoms with Gasteiger partial charge in [0.2, 0.25) is 0 Å². The molecule has 108 valence electrons. The third-order valence-corrected chi connectivity index (χ3v) is 5.04. The highest BCUT2D eigenvalue weighted by molar-refractivity contribution is 5.90. The first-order valence-electron chi connectivity index (χ1n) is 7.48. The molecule has 2 aromatic heterocycles. The predicted molar refractivity (Wildman–Crippen MR) is 82.7 cm³/mol. The Morgan fingerprint density at radius 1 is 1.20 bits per heavy atom. The number of fused-ring (bicyclic) bond motifs is 1. The van der Waals surface area contributed by atoms with E-state index in [1.165, 1.54) is 36.9 Å². The normalized spacial score (nSPS) is 19.6. The van der Waals surface area contributed by atoms with E-state index in [-0.39, 0.29) is 0 Å². The Bertz CT molecular complexity index is 644. The number of aromatic nitrogens is 3. The van der Waals surface area contributed by atoms with Gasteiger partial charge in [0.15, 0.2) is 0 Å². The Kier molecular flexibility index (Phi) is 3.00. The van der Waals surface area contributed by atoms with Crippen molar-refractivity contribution < 1.29 is 0 Å². The Balaban J connectivity index is 2.09. The van der Waals surface area contributed by atoms with Crippen LogP contribution in [0.2, 0.25) is 0 Å². The Hall–Kier alpha value is -1.58. The maximum Gasteiger partial charge on any atom is 0.146 e. The van der Waals surface area contributed by atoms with Crippen molar-refractivity contribution in [2.45, 2.75) is 59.4 Å². The molecule has 0 atom stereocenters. The minimum atomic E-state index is 0.483. The van der Waals surface area contributed by atoms with Crippen LogP contribution in [-0.4, -0.2) is 14.5 Å². The first kappa shape index (κ1) is 13.4. The van der Waals surface area contributed by atoms with E-state index in [1.807, 2.05) is 0 Å². The summed E-state index contributed by atoms with van der Waals surface area (Å²) < 4.78 is 2.40. The topological polar surface area (TPSA) is 56.7 Å². The number of nitrogens with two attached hydrogens (primary N) is 1. The summed E-state index contributed by atoms with van der Waals surface area (Å²) in [6, 6.07) is 0.550. The summed E-state index contributed by atoms with van der Waals surface area (Å²) in [4.78, 5) is 8.65. The van der Waals surface area contributed by atoms with Gasteiger partial charge in [0.1, 0.15) is 17.8 Å². The van der Waals surface area contributed by atoms with E-state index in [9.17, 15) is 0 Å². The quantitative estimate of drug-likeness (QED) is 0.859. The highest BCUT2D eigenvalue weighted by Gasteiger charge is 2.30. The van der Waals surface area contributed by atoms with Crippen molar-refractivity contribution in [3.8, 4) is 0 Å². The molecule has 4 heteroatoms. The number of aryl methyl sites for hydroxylation is 1. The molecule has 1 saturated carbocycles. The van der Waals surface area contributed by atoms with Gasteiger partial charge in [-0.3, -0.25) is 0 Å².